The fourth-order valence-corrected chi connectivity index (χ4v) is 5.49. The summed E-state index contributed by atoms with van der Waals surface area (Å²) in [4.78, 5) is 5.86. The van der Waals surface area contributed by atoms with Gasteiger partial charge in [-0.25, -0.2) is 4.98 Å². The molecule has 2 fully saturated rings. The van der Waals surface area contributed by atoms with Crippen LogP contribution in [0.1, 0.15) is 40.0 Å². The molecule has 5 heteroatoms. The molecule has 4 rings (SSSR count). The van der Waals surface area contributed by atoms with Crippen molar-refractivity contribution >= 4 is 33.5 Å². The van der Waals surface area contributed by atoms with E-state index < -0.39 is 0 Å². The van der Waals surface area contributed by atoms with Crippen molar-refractivity contribution in [1.29, 1.82) is 0 Å². The second-order valence-corrected chi connectivity index (χ2v) is 8.98. The molecular formula is C17H21N3S2. The molecule has 2 aliphatic carbocycles. The molecule has 0 amide bonds. The van der Waals surface area contributed by atoms with Crippen LogP contribution in [0.5, 0.6) is 0 Å². The maximum absolute atomic E-state index is 4.76. The topological polar surface area (TPSA) is 37.3 Å². The van der Waals surface area contributed by atoms with Crippen LogP contribution in [0.2, 0.25) is 0 Å². The Kier molecular flexibility index (Phi) is 3.20. The summed E-state index contributed by atoms with van der Waals surface area (Å²) in [6, 6.07) is 4.17. The Balaban J connectivity index is 1.54. The van der Waals surface area contributed by atoms with Crippen LogP contribution >= 0.6 is 22.7 Å². The highest BCUT2D eigenvalue weighted by Gasteiger charge is 2.59. The molecule has 2 aromatic heterocycles. The van der Waals surface area contributed by atoms with Crippen LogP contribution in [-0.2, 0) is 0 Å². The van der Waals surface area contributed by atoms with Gasteiger partial charge in [0.1, 0.15) is 0 Å². The molecule has 2 aromatic rings. The van der Waals surface area contributed by atoms with Gasteiger partial charge in [0.15, 0.2) is 0 Å². The van der Waals surface area contributed by atoms with Crippen molar-refractivity contribution in [2.75, 3.05) is 5.43 Å². The summed E-state index contributed by atoms with van der Waals surface area (Å²) >= 11 is 3.35. The first-order valence-corrected chi connectivity index (χ1v) is 9.59. The zero-order chi connectivity index (χ0) is 15.4. The molecule has 2 bridgehead atoms. The number of fused-ring (bicyclic) bond motifs is 2. The minimum absolute atomic E-state index is 0.249. The number of hydrogen-bond acceptors (Lipinski definition) is 5. The summed E-state index contributed by atoms with van der Waals surface area (Å²) in [6.45, 7) is 7.20. The quantitative estimate of drug-likeness (QED) is 0.756. The van der Waals surface area contributed by atoms with Gasteiger partial charge in [-0.2, -0.15) is 5.10 Å². The summed E-state index contributed by atoms with van der Waals surface area (Å²) in [5, 5.41) is 9.83. The molecule has 2 heterocycles. The van der Waals surface area contributed by atoms with Crippen LogP contribution in [0.3, 0.4) is 0 Å². The van der Waals surface area contributed by atoms with Crippen LogP contribution in [0, 0.1) is 16.7 Å². The predicted octanol–water partition coefficient (Wildman–Crippen LogP) is 5.49. The van der Waals surface area contributed by atoms with E-state index >= 15 is 0 Å². The average molecular weight is 332 g/mol. The normalized spacial score (nSPS) is 31.0. The molecule has 0 aliphatic heterocycles. The summed E-state index contributed by atoms with van der Waals surface area (Å²) in [6.07, 6.45) is 3.76. The van der Waals surface area contributed by atoms with Crippen molar-refractivity contribution in [3.63, 3.8) is 0 Å². The van der Waals surface area contributed by atoms with Crippen LogP contribution in [0.15, 0.2) is 28.0 Å². The lowest BCUT2D eigenvalue weighted by Crippen LogP contribution is -2.32. The van der Waals surface area contributed by atoms with Gasteiger partial charge in [0.25, 0.3) is 0 Å². The van der Waals surface area contributed by atoms with E-state index in [0.717, 1.165) is 23.2 Å². The minimum Gasteiger partial charge on any atom is -0.253 e. The number of thiazole rings is 1. The van der Waals surface area contributed by atoms with Gasteiger partial charge in [0.2, 0.25) is 5.13 Å². The van der Waals surface area contributed by atoms with Crippen molar-refractivity contribution in [2.45, 2.75) is 40.0 Å². The summed E-state index contributed by atoms with van der Waals surface area (Å²) in [5.74, 6) is 0.788. The van der Waals surface area contributed by atoms with Gasteiger partial charge < -0.3 is 0 Å². The molecule has 0 unspecified atom stereocenters. The van der Waals surface area contributed by atoms with E-state index in [-0.39, 0.29) is 5.41 Å². The SMILES string of the molecule is CC1(C)[C@@H]2CC[C@]1(C)/C(=N\Nc1nc(-c3cccs3)cs1)C2. The largest absolute Gasteiger partial charge is 0.253 e. The number of aromatic nitrogens is 1. The van der Waals surface area contributed by atoms with E-state index in [2.05, 4.69) is 54.1 Å². The Morgan fingerprint density at radius 1 is 1.32 bits per heavy atom. The fraction of sp³-hybridized carbons (Fsp3) is 0.529. The Hall–Kier alpha value is -1.20. The molecule has 116 valence electrons. The van der Waals surface area contributed by atoms with Crippen LogP contribution in [0.4, 0.5) is 5.13 Å². The Bertz CT molecular complexity index is 714. The molecule has 1 N–H and O–H groups in total. The molecule has 0 aromatic carbocycles. The van der Waals surface area contributed by atoms with Crippen molar-refractivity contribution in [3.05, 3.63) is 22.9 Å². The fourth-order valence-electron chi connectivity index (χ4n) is 4.08. The molecule has 0 saturated heterocycles. The highest BCUT2D eigenvalue weighted by Crippen LogP contribution is 2.63. The third-order valence-electron chi connectivity index (χ3n) is 6.08. The first-order valence-electron chi connectivity index (χ1n) is 7.83. The molecular weight excluding hydrogens is 310 g/mol. The molecule has 22 heavy (non-hydrogen) atoms. The zero-order valence-corrected chi connectivity index (χ0v) is 14.9. The third-order valence-corrected chi connectivity index (χ3v) is 7.72. The van der Waals surface area contributed by atoms with Gasteiger partial charge in [0.05, 0.1) is 10.6 Å². The Labute approximate surface area is 139 Å². The van der Waals surface area contributed by atoms with E-state index in [1.807, 2.05) is 0 Å². The van der Waals surface area contributed by atoms with Crippen LogP contribution in [0.25, 0.3) is 10.6 Å². The second-order valence-electron chi connectivity index (χ2n) is 7.18. The molecule has 0 radical (unpaired) electrons. The lowest BCUT2D eigenvalue weighted by atomic mass is 9.70. The predicted molar refractivity (Wildman–Crippen MR) is 95.7 cm³/mol. The van der Waals surface area contributed by atoms with Gasteiger partial charge >= 0.3 is 0 Å². The molecule has 2 aliphatic rings. The molecule has 3 nitrogen and oxygen atoms in total. The van der Waals surface area contributed by atoms with E-state index in [1.54, 1.807) is 22.7 Å². The minimum atomic E-state index is 0.249. The molecule has 2 saturated carbocycles. The van der Waals surface area contributed by atoms with Gasteiger partial charge in [-0.15, -0.1) is 22.7 Å². The number of nitrogens with zero attached hydrogens (tertiary/aromatic N) is 2. The van der Waals surface area contributed by atoms with Crippen molar-refractivity contribution < 1.29 is 0 Å². The van der Waals surface area contributed by atoms with Gasteiger partial charge in [0, 0.05) is 16.5 Å². The van der Waals surface area contributed by atoms with Gasteiger partial charge in [-0.05, 0) is 42.0 Å². The first-order chi connectivity index (χ1) is 10.5. The smallest absolute Gasteiger partial charge is 0.203 e. The maximum Gasteiger partial charge on any atom is 0.203 e. The maximum atomic E-state index is 4.76. The lowest BCUT2D eigenvalue weighted by molar-refractivity contribution is 0.194. The monoisotopic (exact) mass is 331 g/mol. The summed E-state index contributed by atoms with van der Waals surface area (Å²) in [5.41, 5.74) is 6.22. The highest BCUT2D eigenvalue weighted by molar-refractivity contribution is 7.15. The average Bonchev–Trinajstić information content (AvgIpc) is 3.22. The number of hydrazone groups is 1. The summed E-state index contributed by atoms with van der Waals surface area (Å²) in [7, 11) is 0. The van der Waals surface area contributed by atoms with Crippen LogP contribution < -0.4 is 5.43 Å². The number of thiophene rings is 1. The van der Waals surface area contributed by atoms with Crippen molar-refractivity contribution in [1.82, 2.24) is 4.98 Å². The van der Waals surface area contributed by atoms with Gasteiger partial charge in [-0.3, -0.25) is 5.43 Å². The van der Waals surface area contributed by atoms with E-state index in [0.29, 0.717) is 5.41 Å². The number of nitrogens with one attached hydrogen (secondary N) is 1. The highest BCUT2D eigenvalue weighted by atomic mass is 32.1. The standard InChI is InChI=1S/C17H21N3S2/c1-16(2)11-6-7-17(16,3)14(9-11)19-20-15-18-12(10-22-15)13-5-4-8-21-13/h4-5,8,10-11H,6-7,9H2,1-3H3,(H,18,20)/b19-14-/t11-,17-/m1/s1. The summed E-state index contributed by atoms with van der Waals surface area (Å²) < 4.78 is 0. The van der Waals surface area contributed by atoms with Crippen molar-refractivity contribution in [2.24, 2.45) is 21.8 Å². The zero-order valence-electron chi connectivity index (χ0n) is 13.2. The third kappa shape index (κ3) is 1.98. The van der Waals surface area contributed by atoms with Gasteiger partial charge in [-0.1, -0.05) is 26.8 Å². The number of anilines is 1. The first kappa shape index (κ1) is 14.4. The molecule has 2 atom stereocenters. The molecule has 0 spiro atoms. The van der Waals surface area contributed by atoms with E-state index in [1.165, 1.54) is 23.4 Å². The van der Waals surface area contributed by atoms with E-state index in [4.69, 9.17) is 5.10 Å². The Morgan fingerprint density at radius 2 is 2.18 bits per heavy atom. The van der Waals surface area contributed by atoms with E-state index in [9.17, 15) is 0 Å². The lowest BCUT2D eigenvalue weighted by Gasteiger charge is -2.34. The number of rotatable bonds is 3. The van der Waals surface area contributed by atoms with Crippen LogP contribution in [-0.4, -0.2) is 10.7 Å². The van der Waals surface area contributed by atoms with Crippen molar-refractivity contribution in [3.8, 4) is 10.6 Å². The number of hydrogen-bond donors (Lipinski definition) is 1. The Morgan fingerprint density at radius 3 is 2.82 bits per heavy atom. The second kappa shape index (κ2) is 4.90.